The smallest absolute Gasteiger partial charge is 0.0165 e. The highest BCUT2D eigenvalue weighted by atomic mass is 15.1. The highest BCUT2D eigenvalue weighted by molar-refractivity contribution is 5.15. The van der Waals surface area contributed by atoms with Gasteiger partial charge in [0, 0.05) is 24.9 Å². The van der Waals surface area contributed by atoms with E-state index in [-0.39, 0.29) is 7.43 Å². The van der Waals surface area contributed by atoms with Crippen molar-refractivity contribution in [2.24, 2.45) is 5.92 Å². The molecule has 0 aromatic carbocycles. The zero-order valence-corrected chi connectivity index (χ0v) is 5.39. The summed E-state index contributed by atoms with van der Waals surface area (Å²) in [5.41, 5.74) is 1.19. The van der Waals surface area contributed by atoms with Gasteiger partial charge in [-0.15, -0.1) is 0 Å². The van der Waals surface area contributed by atoms with Gasteiger partial charge in [0.05, 0.1) is 0 Å². The van der Waals surface area contributed by atoms with E-state index >= 15 is 0 Å². The van der Waals surface area contributed by atoms with E-state index < -0.39 is 0 Å². The standard InChI is InChI=1S/C7H11N.CH4/c1-6-4-5-8(3)7(6)2;/h4-6H,2H2,1,3H3;1H4. The van der Waals surface area contributed by atoms with Crippen molar-refractivity contribution >= 4 is 0 Å². The van der Waals surface area contributed by atoms with E-state index in [1.165, 1.54) is 5.70 Å². The summed E-state index contributed by atoms with van der Waals surface area (Å²) >= 11 is 0. The molecule has 0 N–H and O–H groups in total. The minimum absolute atomic E-state index is 0. The number of hydrogen-bond donors (Lipinski definition) is 0. The summed E-state index contributed by atoms with van der Waals surface area (Å²) in [4.78, 5) is 2.05. The number of allylic oxidation sites excluding steroid dienone is 1. The van der Waals surface area contributed by atoms with Gasteiger partial charge >= 0.3 is 0 Å². The minimum atomic E-state index is 0. The first-order valence-electron chi connectivity index (χ1n) is 2.82. The predicted molar refractivity (Wildman–Crippen MR) is 41.9 cm³/mol. The maximum Gasteiger partial charge on any atom is 0.0165 e. The molecule has 1 atom stereocenters. The second-order valence-electron chi connectivity index (χ2n) is 2.23. The molecule has 1 aliphatic heterocycles. The van der Waals surface area contributed by atoms with Gasteiger partial charge in [0.2, 0.25) is 0 Å². The van der Waals surface area contributed by atoms with E-state index in [2.05, 4.69) is 19.6 Å². The molecule has 1 aliphatic rings. The first kappa shape index (κ1) is 8.28. The first-order valence-corrected chi connectivity index (χ1v) is 2.82. The molecule has 0 amide bonds. The Morgan fingerprint density at radius 1 is 1.67 bits per heavy atom. The summed E-state index contributed by atoms with van der Waals surface area (Å²) < 4.78 is 0. The zero-order valence-electron chi connectivity index (χ0n) is 5.39. The molecule has 0 fully saturated rings. The molecule has 52 valence electrons. The molecule has 0 saturated carbocycles. The lowest BCUT2D eigenvalue weighted by Gasteiger charge is -2.11. The predicted octanol–water partition coefficient (Wildman–Crippen LogP) is 2.23. The zero-order chi connectivity index (χ0) is 6.15. The van der Waals surface area contributed by atoms with E-state index in [0.29, 0.717) is 5.92 Å². The Balaban J connectivity index is 0.000000640. The van der Waals surface area contributed by atoms with Gasteiger partial charge in [-0.2, -0.15) is 0 Å². The Kier molecular flexibility index (Phi) is 2.50. The third-order valence-corrected chi connectivity index (χ3v) is 1.58. The van der Waals surface area contributed by atoms with Gasteiger partial charge in [0.15, 0.2) is 0 Å². The summed E-state index contributed by atoms with van der Waals surface area (Å²) in [6.45, 7) is 6.02. The maximum absolute atomic E-state index is 3.88. The van der Waals surface area contributed by atoms with Gasteiger partial charge in [-0.3, -0.25) is 0 Å². The van der Waals surface area contributed by atoms with E-state index in [0.717, 1.165) is 0 Å². The molecule has 0 bridgehead atoms. The van der Waals surface area contributed by atoms with Crippen molar-refractivity contribution < 1.29 is 0 Å². The number of hydrogen-bond acceptors (Lipinski definition) is 1. The normalized spacial score (nSPS) is 24.4. The number of rotatable bonds is 0. The van der Waals surface area contributed by atoms with Crippen LogP contribution in [0.15, 0.2) is 24.6 Å². The molecule has 0 aliphatic carbocycles. The second-order valence-corrected chi connectivity index (χ2v) is 2.23. The molecule has 0 saturated heterocycles. The van der Waals surface area contributed by atoms with Crippen LogP contribution < -0.4 is 0 Å². The molecule has 9 heavy (non-hydrogen) atoms. The largest absolute Gasteiger partial charge is 0.355 e. The number of nitrogens with zero attached hydrogens (tertiary/aromatic N) is 1. The van der Waals surface area contributed by atoms with Crippen molar-refractivity contribution in [1.29, 1.82) is 0 Å². The molecule has 0 radical (unpaired) electrons. The molecule has 1 heterocycles. The van der Waals surface area contributed by atoms with E-state index in [1.54, 1.807) is 0 Å². The Morgan fingerprint density at radius 2 is 2.22 bits per heavy atom. The van der Waals surface area contributed by atoms with Crippen LogP contribution in [0.4, 0.5) is 0 Å². The van der Waals surface area contributed by atoms with Crippen LogP contribution in [-0.2, 0) is 0 Å². The first-order chi connectivity index (χ1) is 3.72. The molecule has 1 rings (SSSR count). The van der Waals surface area contributed by atoms with Crippen LogP contribution in [0.25, 0.3) is 0 Å². The third kappa shape index (κ3) is 1.35. The van der Waals surface area contributed by atoms with Gasteiger partial charge in [-0.05, 0) is 0 Å². The van der Waals surface area contributed by atoms with Crippen LogP contribution in [0, 0.1) is 5.92 Å². The van der Waals surface area contributed by atoms with Crippen molar-refractivity contribution in [2.75, 3.05) is 7.05 Å². The van der Waals surface area contributed by atoms with E-state index in [4.69, 9.17) is 0 Å². The van der Waals surface area contributed by atoms with Gasteiger partial charge in [0.1, 0.15) is 0 Å². The molecule has 0 spiro atoms. The minimum Gasteiger partial charge on any atom is -0.355 e. The molecule has 1 heteroatoms. The molecular weight excluding hydrogens is 110 g/mol. The average Bonchev–Trinajstić information content (AvgIpc) is 1.98. The van der Waals surface area contributed by atoms with Crippen molar-refractivity contribution in [3.8, 4) is 0 Å². The van der Waals surface area contributed by atoms with Gasteiger partial charge in [-0.1, -0.05) is 27.0 Å². The summed E-state index contributed by atoms with van der Waals surface area (Å²) in [5, 5.41) is 0. The van der Waals surface area contributed by atoms with Crippen molar-refractivity contribution in [2.45, 2.75) is 14.4 Å². The van der Waals surface area contributed by atoms with Crippen LogP contribution in [0.3, 0.4) is 0 Å². The lowest BCUT2D eigenvalue weighted by molar-refractivity contribution is 0.554. The SMILES string of the molecule is C.C=C1C(C)C=CN1C. The second kappa shape index (κ2) is 2.72. The fourth-order valence-corrected chi connectivity index (χ4v) is 0.786. The Labute approximate surface area is 57.7 Å². The van der Waals surface area contributed by atoms with Gasteiger partial charge in [0.25, 0.3) is 0 Å². The van der Waals surface area contributed by atoms with Crippen LogP contribution >= 0.6 is 0 Å². The van der Waals surface area contributed by atoms with E-state index in [9.17, 15) is 0 Å². The molecule has 1 unspecified atom stereocenters. The lowest BCUT2D eigenvalue weighted by atomic mass is 10.1. The lowest BCUT2D eigenvalue weighted by Crippen LogP contribution is -2.06. The molecule has 0 aromatic rings. The highest BCUT2D eigenvalue weighted by Crippen LogP contribution is 2.19. The summed E-state index contributed by atoms with van der Waals surface area (Å²) in [5.74, 6) is 0.542. The van der Waals surface area contributed by atoms with Crippen LogP contribution in [0.2, 0.25) is 0 Å². The van der Waals surface area contributed by atoms with Crippen molar-refractivity contribution in [3.05, 3.63) is 24.6 Å². The van der Waals surface area contributed by atoms with Crippen molar-refractivity contribution in [1.82, 2.24) is 4.90 Å². The fourth-order valence-electron chi connectivity index (χ4n) is 0.786. The van der Waals surface area contributed by atoms with Crippen molar-refractivity contribution in [3.63, 3.8) is 0 Å². The highest BCUT2D eigenvalue weighted by Gasteiger charge is 2.11. The molecule has 1 nitrogen and oxygen atoms in total. The molecule has 0 aromatic heterocycles. The topological polar surface area (TPSA) is 3.24 Å². The summed E-state index contributed by atoms with van der Waals surface area (Å²) in [7, 11) is 2.02. The molecular formula is C8H15N. The Hall–Kier alpha value is -0.720. The maximum atomic E-state index is 3.88. The third-order valence-electron chi connectivity index (χ3n) is 1.58. The van der Waals surface area contributed by atoms with Gasteiger partial charge in [-0.25, -0.2) is 0 Å². The van der Waals surface area contributed by atoms with E-state index in [1.807, 2.05) is 18.1 Å². The summed E-state index contributed by atoms with van der Waals surface area (Å²) in [6, 6.07) is 0. The van der Waals surface area contributed by atoms with Crippen LogP contribution in [-0.4, -0.2) is 11.9 Å². The Morgan fingerprint density at radius 3 is 2.33 bits per heavy atom. The fraction of sp³-hybridized carbons (Fsp3) is 0.500. The Bertz CT molecular complexity index is 122. The van der Waals surface area contributed by atoms with Gasteiger partial charge < -0.3 is 4.90 Å². The monoisotopic (exact) mass is 125 g/mol. The average molecular weight is 125 g/mol. The summed E-state index contributed by atoms with van der Waals surface area (Å²) in [6.07, 6.45) is 4.19. The quantitative estimate of drug-likeness (QED) is 0.480. The van der Waals surface area contributed by atoms with Crippen LogP contribution in [0.1, 0.15) is 14.4 Å². The van der Waals surface area contributed by atoms with Crippen LogP contribution in [0.5, 0.6) is 0 Å².